The summed E-state index contributed by atoms with van der Waals surface area (Å²) < 4.78 is 19.7. The lowest BCUT2D eigenvalue weighted by Gasteiger charge is -2.23. The van der Waals surface area contributed by atoms with Crippen LogP contribution in [-0.2, 0) is 0 Å². The maximum absolute atomic E-state index is 14.4. The van der Waals surface area contributed by atoms with Crippen molar-refractivity contribution in [1.82, 2.24) is 5.32 Å². The quantitative estimate of drug-likeness (QED) is 0.843. The molecule has 0 aliphatic rings. The van der Waals surface area contributed by atoms with Gasteiger partial charge in [0.05, 0.1) is 18.7 Å². The van der Waals surface area contributed by atoms with Crippen LogP contribution in [0.5, 0.6) is 5.75 Å². The highest BCUT2D eigenvalue weighted by Gasteiger charge is 2.23. The number of hydrogen-bond acceptors (Lipinski definition) is 2. The van der Waals surface area contributed by atoms with E-state index >= 15 is 0 Å². The van der Waals surface area contributed by atoms with Crippen LogP contribution in [0.3, 0.4) is 0 Å². The maximum Gasteiger partial charge on any atom is 0.132 e. The molecule has 2 aromatic rings. The molecule has 4 heteroatoms. The van der Waals surface area contributed by atoms with Crippen molar-refractivity contribution in [2.24, 2.45) is 0 Å². The van der Waals surface area contributed by atoms with E-state index in [0.29, 0.717) is 16.3 Å². The molecular formula is C17H19ClFNO. The molecule has 0 aromatic heterocycles. The Hall–Kier alpha value is -1.58. The fourth-order valence-corrected chi connectivity index (χ4v) is 2.59. The van der Waals surface area contributed by atoms with Gasteiger partial charge in [-0.3, -0.25) is 0 Å². The predicted octanol–water partition coefficient (Wildman–Crippen LogP) is 4.58. The highest BCUT2D eigenvalue weighted by Crippen LogP contribution is 2.35. The van der Waals surface area contributed by atoms with Crippen LogP contribution in [-0.4, -0.2) is 13.7 Å². The first kappa shape index (κ1) is 15.8. The van der Waals surface area contributed by atoms with Gasteiger partial charge in [0, 0.05) is 5.02 Å². The minimum Gasteiger partial charge on any atom is -0.496 e. The third-order valence-electron chi connectivity index (χ3n) is 3.34. The molecular weight excluding hydrogens is 289 g/mol. The summed E-state index contributed by atoms with van der Waals surface area (Å²) in [6.45, 7) is 2.82. The van der Waals surface area contributed by atoms with Crippen LogP contribution in [0.2, 0.25) is 5.02 Å². The summed E-state index contributed by atoms with van der Waals surface area (Å²) in [6.07, 6.45) is 0.942. The van der Waals surface area contributed by atoms with Crippen LogP contribution < -0.4 is 10.1 Å². The van der Waals surface area contributed by atoms with Gasteiger partial charge in [-0.1, -0.05) is 42.8 Å². The molecule has 1 atom stereocenters. The van der Waals surface area contributed by atoms with E-state index in [1.807, 2.05) is 24.3 Å². The smallest absolute Gasteiger partial charge is 0.132 e. The van der Waals surface area contributed by atoms with Gasteiger partial charge in [-0.25, -0.2) is 4.39 Å². The van der Waals surface area contributed by atoms with Crippen LogP contribution in [0.1, 0.15) is 30.5 Å². The second-order valence-electron chi connectivity index (χ2n) is 4.76. The van der Waals surface area contributed by atoms with E-state index in [0.717, 1.165) is 18.5 Å². The van der Waals surface area contributed by atoms with Gasteiger partial charge < -0.3 is 10.1 Å². The molecule has 0 bridgehead atoms. The van der Waals surface area contributed by atoms with Gasteiger partial charge in [0.2, 0.25) is 0 Å². The van der Waals surface area contributed by atoms with Gasteiger partial charge in [-0.2, -0.15) is 0 Å². The number of rotatable bonds is 6. The Bertz CT molecular complexity index is 603. The van der Waals surface area contributed by atoms with Crippen molar-refractivity contribution < 1.29 is 9.13 Å². The molecule has 0 saturated carbocycles. The van der Waals surface area contributed by atoms with Crippen molar-refractivity contribution in [1.29, 1.82) is 0 Å². The standard InChI is InChI=1S/C17H19ClFNO/c1-3-11-20-17(12-7-4-5-8-13(12)18)16-14(19)9-6-10-15(16)21-2/h4-10,17,20H,3,11H2,1-2H3. The fourth-order valence-electron chi connectivity index (χ4n) is 2.34. The van der Waals surface area contributed by atoms with Crippen molar-refractivity contribution in [2.45, 2.75) is 19.4 Å². The van der Waals surface area contributed by atoms with E-state index in [9.17, 15) is 4.39 Å². The minimum absolute atomic E-state index is 0.303. The van der Waals surface area contributed by atoms with Crippen LogP contribution in [0.25, 0.3) is 0 Å². The second-order valence-corrected chi connectivity index (χ2v) is 5.17. The molecule has 0 aliphatic carbocycles. The zero-order valence-corrected chi connectivity index (χ0v) is 13.0. The van der Waals surface area contributed by atoms with E-state index in [4.69, 9.17) is 16.3 Å². The summed E-state index contributed by atoms with van der Waals surface area (Å²) in [7, 11) is 1.54. The molecule has 1 N–H and O–H groups in total. The summed E-state index contributed by atoms with van der Waals surface area (Å²) in [6, 6.07) is 12.0. The van der Waals surface area contributed by atoms with E-state index < -0.39 is 0 Å². The Labute approximate surface area is 129 Å². The van der Waals surface area contributed by atoms with Gasteiger partial charge in [0.1, 0.15) is 11.6 Å². The average molecular weight is 308 g/mol. The normalized spacial score (nSPS) is 12.2. The molecule has 0 saturated heterocycles. The van der Waals surface area contributed by atoms with Crippen LogP contribution >= 0.6 is 11.6 Å². The molecule has 0 fully saturated rings. The number of halogens is 2. The Balaban J connectivity index is 2.53. The lowest BCUT2D eigenvalue weighted by molar-refractivity contribution is 0.396. The van der Waals surface area contributed by atoms with Crippen LogP contribution in [0.4, 0.5) is 4.39 Å². The third-order valence-corrected chi connectivity index (χ3v) is 3.68. The molecule has 0 radical (unpaired) electrons. The van der Waals surface area contributed by atoms with Crippen LogP contribution in [0, 0.1) is 5.82 Å². The zero-order chi connectivity index (χ0) is 15.2. The van der Waals surface area contributed by atoms with Crippen molar-refractivity contribution in [3.63, 3.8) is 0 Å². The fraction of sp³-hybridized carbons (Fsp3) is 0.294. The first-order valence-corrected chi connectivity index (χ1v) is 7.37. The number of methoxy groups -OCH3 is 1. The lowest BCUT2D eigenvalue weighted by atomic mass is 9.97. The van der Waals surface area contributed by atoms with E-state index in [1.54, 1.807) is 19.2 Å². The summed E-state index contributed by atoms with van der Waals surface area (Å²) >= 11 is 6.29. The lowest BCUT2D eigenvalue weighted by Crippen LogP contribution is -2.25. The first-order chi connectivity index (χ1) is 10.2. The summed E-state index contributed by atoms with van der Waals surface area (Å²) in [5.74, 6) is 0.214. The Morgan fingerprint density at radius 2 is 1.95 bits per heavy atom. The molecule has 0 aliphatic heterocycles. The third kappa shape index (κ3) is 3.55. The van der Waals surface area contributed by atoms with Gasteiger partial charge in [0.25, 0.3) is 0 Å². The first-order valence-electron chi connectivity index (χ1n) is 6.99. The number of hydrogen-bond donors (Lipinski definition) is 1. The van der Waals surface area contributed by atoms with Crippen molar-refractivity contribution in [3.05, 3.63) is 64.4 Å². The number of nitrogens with one attached hydrogen (secondary N) is 1. The minimum atomic E-state index is -0.338. The van der Waals surface area contributed by atoms with Gasteiger partial charge in [0.15, 0.2) is 0 Å². The van der Waals surface area contributed by atoms with Gasteiger partial charge in [-0.15, -0.1) is 0 Å². The molecule has 0 amide bonds. The Morgan fingerprint density at radius 3 is 2.62 bits per heavy atom. The summed E-state index contributed by atoms with van der Waals surface area (Å²) in [4.78, 5) is 0. The van der Waals surface area contributed by atoms with Crippen molar-refractivity contribution in [2.75, 3.05) is 13.7 Å². The molecule has 0 heterocycles. The van der Waals surface area contributed by atoms with E-state index in [2.05, 4.69) is 12.2 Å². The van der Waals surface area contributed by atoms with E-state index in [-0.39, 0.29) is 11.9 Å². The largest absolute Gasteiger partial charge is 0.496 e. The summed E-state index contributed by atoms with van der Waals surface area (Å²) in [5, 5.41) is 3.96. The number of benzene rings is 2. The molecule has 1 unspecified atom stereocenters. The molecule has 2 nitrogen and oxygen atoms in total. The Kier molecular flexibility index (Phi) is 5.59. The molecule has 0 spiro atoms. The Morgan fingerprint density at radius 1 is 1.19 bits per heavy atom. The maximum atomic E-state index is 14.4. The van der Waals surface area contributed by atoms with Gasteiger partial charge >= 0.3 is 0 Å². The van der Waals surface area contributed by atoms with Crippen LogP contribution in [0.15, 0.2) is 42.5 Å². The molecule has 2 rings (SSSR count). The molecule has 112 valence electrons. The number of ether oxygens (including phenoxy) is 1. The van der Waals surface area contributed by atoms with E-state index in [1.165, 1.54) is 6.07 Å². The van der Waals surface area contributed by atoms with Crippen molar-refractivity contribution in [3.8, 4) is 5.75 Å². The summed E-state index contributed by atoms with van der Waals surface area (Å²) in [5.41, 5.74) is 1.33. The topological polar surface area (TPSA) is 21.3 Å². The van der Waals surface area contributed by atoms with Crippen molar-refractivity contribution >= 4 is 11.6 Å². The highest BCUT2D eigenvalue weighted by atomic mass is 35.5. The zero-order valence-electron chi connectivity index (χ0n) is 12.2. The second kappa shape index (κ2) is 7.43. The SMILES string of the molecule is CCCNC(c1ccccc1Cl)c1c(F)cccc1OC. The molecule has 21 heavy (non-hydrogen) atoms. The highest BCUT2D eigenvalue weighted by molar-refractivity contribution is 6.31. The molecule has 2 aromatic carbocycles. The monoisotopic (exact) mass is 307 g/mol. The average Bonchev–Trinajstić information content (AvgIpc) is 2.50. The van der Waals surface area contributed by atoms with Gasteiger partial charge in [-0.05, 0) is 36.7 Å². The predicted molar refractivity (Wildman–Crippen MR) is 84.5 cm³/mol.